The van der Waals surface area contributed by atoms with Gasteiger partial charge in [0.25, 0.3) is 0 Å². The summed E-state index contributed by atoms with van der Waals surface area (Å²) >= 11 is 0. The molecule has 0 spiro atoms. The summed E-state index contributed by atoms with van der Waals surface area (Å²) in [5.74, 6) is 1.53. The van der Waals surface area contributed by atoms with E-state index in [1.807, 2.05) is 6.92 Å². The summed E-state index contributed by atoms with van der Waals surface area (Å²) in [7, 11) is 0. The molecule has 2 fully saturated rings. The molecule has 1 aliphatic heterocycles. The third-order valence-corrected chi connectivity index (χ3v) is 5.19. The topological polar surface area (TPSA) is 74.5 Å². The normalized spacial score (nSPS) is 22.4. The summed E-state index contributed by atoms with van der Waals surface area (Å²) in [4.78, 5) is 21.1. The van der Waals surface area contributed by atoms with Crippen molar-refractivity contribution in [2.75, 3.05) is 32.7 Å². The van der Waals surface area contributed by atoms with Crippen molar-refractivity contribution in [3.63, 3.8) is 0 Å². The highest BCUT2D eigenvalue weighted by molar-refractivity contribution is 5.78. The van der Waals surface area contributed by atoms with E-state index in [1.54, 1.807) is 0 Å². The summed E-state index contributed by atoms with van der Waals surface area (Å²) in [5, 5.41) is 7.07. The molecule has 1 aromatic rings. The second-order valence-electron chi connectivity index (χ2n) is 7.07. The third kappa shape index (κ3) is 4.54. The van der Waals surface area contributed by atoms with Crippen LogP contribution in [0.25, 0.3) is 0 Å². The number of aryl methyl sites for hydroxylation is 1. The Balaban J connectivity index is 1.40. The van der Waals surface area contributed by atoms with Crippen molar-refractivity contribution in [1.82, 2.24) is 25.3 Å². The molecule has 134 valence electrons. The molecule has 1 N–H and O–H groups in total. The maximum atomic E-state index is 12.2. The Hall–Kier alpha value is -1.47. The van der Waals surface area contributed by atoms with Crippen molar-refractivity contribution in [1.29, 1.82) is 0 Å². The van der Waals surface area contributed by atoms with E-state index in [1.165, 1.54) is 19.3 Å². The van der Waals surface area contributed by atoms with Gasteiger partial charge in [0.2, 0.25) is 11.8 Å². The molecule has 1 saturated carbocycles. The Bertz CT molecular complexity index is 533. The van der Waals surface area contributed by atoms with Crippen LogP contribution in [-0.2, 0) is 4.79 Å². The Morgan fingerprint density at radius 1 is 1.25 bits per heavy atom. The lowest BCUT2D eigenvalue weighted by molar-refractivity contribution is -0.123. The molecule has 1 aromatic heterocycles. The quantitative estimate of drug-likeness (QED) is 0.879. The number of carbonyl (C=O) groups is 1. The predicted molar refractivity (Wildman–Crippen MR) is 90.5 cm³/mol. The highest BCUT2D eigenvalue weighted by Gasteiger charge is 2.26. The molecule has 2 heterocycles. The van der Waals surface area contributed by atoms with E-state index in [0.717, 1.165) is 39.0 Å². The summed E-state index contributed by atoms with van der Waals surface area (Å²) in [5.41, 5.74) is 0. The minimum Gasteiger partial charge on any atom is -0.352 e. The predicted octanol–water partition coefficient (Wildman–Crippen LogP) is 1.51. The second-order valence-corrected chi connectivity index (χ2v) is 7.07. The fraction of sp³-hybridized carbons (Fsp3) is 0.824. The molecule has 1 saturated heterocycles. The van der Waals surface area contributed by atoms with Crippen LogP contribution in [0, 0.1) is 6.92 Å². The molecular weight excluding hydrogens is 306 g/mol. The molecule has 1 aliphatic carbocycles. The summed E-state index contributed by atoms with van der Waals surface area (Å²) in [6, 6.07) is 0.526. The molecule has 3 rings (SSSR count). The van der Waals surface area contributed by atoms with Gasteiger partial charge in [0.15, 0.2) is 5.82 Å². The highest BCUT2D eigenvalue weighted by atomic mass is 16.5. The number of aromatic nitrogens is 2. The lowest BCUT2D eigenvalue weighted by Gasteiger charge is -2.36. The Morgan fingerprint density at radius 3 is 2.58 bits per heavy atom. The molecule has 1 atom stereocenters. The average molecular weight is 335 g/mol. The number of hydrogen-bond donors (Lipinski definition) is 1. The lowest BCUT2D eigenvalue weighted by atomic mass is 9.95. The standard InChI is InChI=1S/C17H29N5O2/c1-13(17-18-14(2)20-24-17)22-10-8-21(9-11-22)12-16(23)19-15-6-4-3-5-7-15/h13,15H,3-12H2,1-2H3,(H,19,23)/t13-/m1/s1. The van der Waals surface area contributed by atoms with E-state index in [2.05, 4.69) is 32.2 Å². The largest absolute Gasteiger partial charge is 0.352 e. The van der Waals surface area contributed by atoms with Crippen molar-refractivity contribution >= 4 is 5.91 Å². The number of piperazine rings is 1. The first-order valence-corrected chi connectivity index (χ1v) is 9.18. The Morgan fingerprint density at radius 2 is 1.96 bits per heavy atom. The van der Waals surface area contributed by atoms with Crippen LogP contribution < -0.4 is 5.32 Å². The molecule has 1 amide bonds. The third-order valence-electron chi connectivity index (χ3n) is 5.19. The van der Waals surface area contributed by atoms with Crippen LogP contribution in [0.5, 0.6) is 0 Å². The summed E-state index contributed by atoms with van der Waals surface area (Å²) < 4.78 is 5.27. The minimum atomic E-state index is 0.129. The van der Waals surface area contributed by atoms with Crippen LogP contribution in [0.15, 0.2) is 4.52 Å². The van der Waals surface area contributed by atoms with Crippen LogP contribution in [0.2, 0.25) is 0 Å². The van der Waals surface area contributed by atoms with Gasteiger partial charge in [-0.3, -0.25) is 14.6 Å². The number of rotatable bonds is 5. The molecule has 0 unspecified atom stereocenters. The second kappa shape index (κ2) is 8.07. The maximum absolute atomic E-state index is 12.2. The lowest BCUT2D eigenvalue weighted by Crippen LogP contribution is -2.51. The SMILES string of the molecule is Cc1noc([C@@H](C)N2CCN(CC(=O)NC3CCCCC3)CC2)n1. The Labute approximate surface area is 143 Å². The van der Waals surface area contributed by atoms with Gasteiger partial charge in [0.05, 0.1) is 12.6 Å². The molecule has 7 nitrogen and oxygen atoms in total. The van der Waals surface area contributed by atoms with E-state index < -0.39 is 0 Å². The van der Waals surface area contributed by atoms with Gasteiger partial charge in [-0.2, -0.15) is 4.98 Å². The minimum absolute atomic E-state index is 0.129. The van der Waals surface area contributed by atoms with Gasteiger partial charge in [0.1, 0.15) is 0 Å². The van der Waals surface area contributed by atoms with E-state index in [-0.39, 0.29) is 11.9 Å². The smallest absolute Gasteiger partial charge is 0.243 e. The number of hydrogen-bond acceptors (Lipinski definition) is 6. The van der Waals surface area contributed by atoms with Crippen LogP contribution in [-0.4, -0.2) is 64.6 Å². The first-order chi connectivity index (χ1) is 11.6. The Kier molecular flexibility index (Phi) is 5.84. The van der Waals surface area contributed by atoms with E-state index in [0.29, 0.717) is 24.3 Å². The van der Waals surface area contributed by atoms with Crippen molar-refractivity contribution in [2.24, 2.45) is 0 Å². The summed E-state index contributed by atoms with van der Waals surface area (Å²) in [6.07, 6.45) is 6.08. The van der Waals surface area contributed by atoms with E-state index in [4.69, 9.17) is 4.52 Å². The molecular formula is C17H29N5O2. The van der Waals surface area contributed by atoms with Gasteiger partial charge in [-0.1, -0.05) is 24.4 Å². The van der Waals surface area contributed by atoms with Gasteiger partial charge >= 0.3 is 0 Å². The monoisotopic (exact) mass is 335 g/mol. The van der Waals surface area contributed by atoms with Gasteiger partial charge in [-0.15, -0.1) is 0 Å². The zero-order chi connectivity index (χ0) is 16.9. The zero-order valence-corrected chi connectivity index (χ0v) is 14.8. The first kappa shape index (κ1) is 17.4. The maximum Gasteiger partial charge on any atom is 0.243 e. The van der Waals surface area contributed by atoms with Crippen LogP contribution in [0.1, 0.15) is 56.8 Å². The fourth-order valence-corrected chi connectivity index (χ4v) is 3.67. The van der Waals surface area contributed by atoms with Crippen LogP contribution in [0.4, 0.5) is 0 Å². The molecule has 0 aromatic carbocycles. The molecule has 2 aliphatic rings. The highest BCUT2D eigenvalue weighted by Crippen LogP contribution is 2.20. The van der Waals surface area contributed by atoms with Crippen molar-refractivity contribution in [3.05, 3.63) is 11.7 Å². The molecule has 0 radical (unpaired) electrons. The fourth-order valence-electron chi connectivity index (χ4n) is 3.67. The van der Waals surface area contributed by atoms with Crippen molar-refractivity contribution in [3.8, 4) is 0 Å². The van der Waals surface area contributed by atoms with Gasteiger partial charge in [-0.25, -0.2) is 0 Å². The number of nitrogens with zero attached hydrogens (tertiary/aromatic N) is 4. The van der Waals surface area contributed by atoms with E-state index in [9.17, 15) is 4.79 Å². The van der Waals surface area contributed by atoms with Gasteiger partial charge in [-0.05, 0) is 26.7 Å². The van der Waals surface area contributed by atoms with Crippen LogP contribution in [0.3, 0.4) is 0 Å². The van der Waals surface area contributed by atoms with Crippen molar-refractivity contribution in [2.45, 2.75) is 58.0 Å². The number of amides is 1. The van der Waals surface area contributed by atoms with Crippen molar-refractivity contribution < 1.29 is 9.32 Å². The average Bonchev–Trinajstić information content (AvgIpc) is 3.02. The van der Waals surface area contributed by atoms with Crippen LogP contribution >= 0.6 is 0 Å². The molecule has 24 heavy (non-hydrogen) atoms. The summed E-state index contributed by atoms with van der Waals surface area (Å²) in [6.45, 7) is 8.07. The molecule has 0 bridgehead atoms. The van der Waals surface area contributed by atoms with Gasteiger partial charge in [0, 0.05) is 32.2 Å². The van der Waals surface area contributed by atoms with Gasteiger partial charge < -0.3 is 9.84 Å². The zero-order valence-electron chi connectivity index (χ0n) is 14.8. The first-order valence-electron chi connectivity index (χ1n) is 9.18. The number of carbonyl (C=O) groups excluding carboxylic acids is 1. The van der Waals surface area contributed by atoms with E-state index >= 15 is 0 Å². The number of nitrogens with one attached hydrogen (secondary N) is 1. The molecule has 7 heteroatoms.